The molecule has 5 heteroatoms. The highest BCUT2D eigenvalue weighted by atomic mass is 19.1. The molecule has 0 radical (unpaired) electrons. The van der Waals surface area contributed by atoms with E-state index in [9.17, 15) is 9.50 Å². The van der Waals surface area contributed by atoms with Gasteiger partial charge in [0.25, 0.3) is 0 Å². The van der Waals surface area contributed by atoms with Crippen LogP contribution in [0, 0.1) is 5.82 Å². The monoisotopic (exact) mass is 187 g/mol. The molecule has 0 fully saturated rings. The topological polar surface area (TPSA) is 63.9 Å². The molecule has 0 aliphatic heterocycles. The summed E-state index contributed by atoms with van der Waals surface area (Å²) in [5.74, 6) is -1.76. The Morgan fingerprint density at radius 1 is 1.31 bits per heavy atom. The number of hydroxylamine groups is 2. The van der Waals surface area contributed by atoms with Gasteiger partial charge in [-0.25, -0.2) is 4.39 Å². The molecule has 3 N–H and O–H groups in total. The Balaban J connectivity index is 3.10. The van der Waals surface area contributed by atoms with Crippen LogP contribution in [0.3, 0.4) is 0 Å². The van der Waals surface area contributed by atoms with E-state index in [2.05, 4.69) is 0 Å². The van der Waals surface area contributed by atoms with Crippen molar-refractivity contribution in [2.45, 2.75) is 6.54 Å². The summed E-state index contributed by atoms with van der Waals surface area (Å²) in [6.07, 6.45) is 0. The molecule has 13 heavy (non-hydrogen) atoms. The van der Waals surface area contributed by atoms with Gasteiger partial charge in [0.1, 0.15) is 5.75 Å². The fourth-order valence-electron chi connectivity index (χ4n) is 0.978. The summed E-state index contributed by atoms with van der Waals surface area (Å²) in [5, 5.41) is 27.7. The number of aromatic hydroxyl groups is 2. The van der Waals surface area contributed by atoms with Gasteiger partial charge in [-0.3, -0.25) is 0 Å². The molecule has 0 bridgehead atoms. The van der Waals surface area contributed by atoms with Gasteiger partial charge in [0.05, 0.1) is 6.54 Å². The first-order chi connectivity index (χ1) is 6.02. The van der Waals surface area contributed by atoms with E-state index in [0.29, 0.717) is 5.06 Å². The lowest BCUT2D eigenvalue weighted by Crippen LogP contribution is -2.13. The second-order valence-electron chi connectivity index (χ2n) is 2.71. The zero-order chi connectivity index (χ0) is 10.0. The maximum atomic E-state index is 13.1. The second-order valence-corrected chi connectivity index (χ2v) is 2.71. The van der Waals surface area contributed by atoms with Crippen LogP contribution in [-0.4, -0.2) is 27.5 Å². The summed E-state index contributed by atoms with van der Waals surface area (Å²) in [4.78, 5) is 0. The predicted octanol–water partition coefficient (Wildman–Crippen LogP) is 1.06. The van der Waals surface area contributed by atoms with E-state index in [1.165, 1.54) is 7.05 Å². The standard InChI is InChI=1S/C8H10FNO3/c1-10(13)4-5-6(11)2-3-7(12)8(5)9/h2-3,11-13H,4H2,1H3. The molecule has 1 rings (SSSR count). The number of nitrogens with zero attached hydrogens (tertiary/aromatic N) is 1. The molecule has 0 saturated heterocycles. The van der Waals surface area contributed by atoms with Crippen LogP contribution in [0.4, 0.5) is 4.39 Å². The minimum atomic E-state index is -0.916. The third-order valence-electron chi connectivity index (χ3n) is 1.59. The third kappa shape index (κ3) is 2.07. The van der Waals surface area contributed by atoms with Gasteiger partial charge in [0, 0.05) is 12.6 Å². The van der Waals surface area contributed by atoms with Crippen molar-refractivity contribution in [3.63, 3.8) is 0 Å². The van der Waals surface area contributed by atoms with Gasteiger partial charge in [-0.05, 0) is 12.1 Å². The molecule has 0 heterocycles. The number of rotatable bonds is 2. The molecule has 1 aromatic carbocycles. The van der Waals surface area contributed by atoms with Gasteiger partial charge in [-0.1, -0.05) is 0 Å². The third-order valence-corrected chi connectivity index (χ3v) is 1.59. The van der Waals surface area contributed by atoms with Gasteiger partial charge in [-0.2, -0.15) is 5.06 Å². The lowest BCUT2D eigenvalue weighted by molar-refractivity contribution is -0.0743. The van der Waals surface area contributed by atoms with Crippen LogP contribution in [0.5, 0.6) is 11.5 Å². The summed E-state index contributed by atoms with van der Waals surface area (Å²) in [6.45, 7) is -0.188. The van der Waals surface area contributed by atoms with Crippen molar-refractivity contribution in [2.24, 2.45) is 0 Å². The Hall–Kier alpha value is -1.33. The van der Waals surface area contributed by atoms with E-state index in [4.69, 9.17) is 10.3 Å². The van der Waals surface area contributed by atoms with Crippen LogP contribution in [-0.2, 0) is 6.54 Å². The van der Waals surface area contributed by atoms with E-state index in [0.717, 1.165) is 12.1 Å². The maximum absolute atomic E-state index is 13.1. The van der Waals surface area contributed by atoms with Crippen LogP contribution < -0.4 is 0 Å². The molecule has 4 nitrogen and oxygen atoms in total. The van der Waals surface area contributed by atoms with Gasteiger partial charge >= 0.3 is 0 Å². The largest absolute Gasteiger partial charge is 0.508 e. The van der Waals surface area contributed by atoms with Gasteiger partial charge < -0.3 is 15.4 Å². The number of phenols is 2. The van der Waals surface area contributed by atoms with E-state index < -0.39 is 11.6 Å². The second kappa shape index (κ2) is 3.59. The highest BCUT2D eigenvalue weighted by Crippen LogP contribution is 2.27. The summed E-state index contributed by atoms with van der Waals surface area (Å²) in [6, 6.07) is 2.21. The Morgan fingerprint density at radius 2 is 1.85 bits per heavy atom. The van der Waals surface area contributed by atoms with E-state index in [-0.39, 0.29) is 17.9 Å². The minimum absolute atomic E-state index is 0.134. The first-order valence-corrected chi connectivity index (χ1v) is 3.61. The van der Waals surface area contributed by atoms with E-state index in [1.54, 1.807) is 0 Å². The molecular formula is C8H10FNO3. The summed E-state index contributed by atoms with van der Waals surface area (Å²) in [5.41, 5.74) is -0.134. The van der Waals surface area contributed by atoms with Crippen LogP contribution in [0.2, 0.25) is 0 Å². The summed E-state index contributed by atoms with van der Waals surface area (Å²) >= 11 is 0. The molecule has 0 spiro atoms. The summed E-state index contributed by atoms with van der Waals surface area (Å²) in [7, 11) is 1.31. The van der Waals surface area contributed by atoms with Crippen LogP contribution in [0.25, 0.3) is 0 Å². The molecule has 1 aromatic rings. The molecule has 72 valence electrons. The van der Waals surface area contributed by atoms with Crippen molar-refractivity contribution in [3.8, 4) is 11.5 Å². The van der Waals surface area contributed by atoms with Crippen molar-refractivity contribution < 1.29 is 19.8 Å². The van der Waals surface area contributed by atoms with Crippen LogP contribution >= 0.6 is 0 Å². The Labute approximate surface area is 74.4 Å². The highest BCUT2D eigenvalue weighted by Gasteiger charge is 2.13. The highest BCUT2D eigenvalue weighted by molar-refractivity contribution is 5.40. The maximum Gasteiger partial charge on any atom is 0.173 e. The predicted molar refractivity (Wildman–Crippen MR) is 43.0 cm³/mol. The van der Waals surface area contributed by atoms with Crippen molar-refractivity contribution in [3.05, 3.63) is 23.5 Å². The Kier molecular flexibility index (Phi) is 2.69. The van der Waals surface area contributed by atoms with Gasteiger partial charge in [0.2, 0.25) is 0 Å². The molecule has 0 saturated carbocycles. The molecule has 0 aliphatic rings. The first-order valence-electron chi connectivity index (χ1n) is 3.61. The fraction of sp³-hybridized carbons (Fsp3) is 0.250. The van der Waals surface area contributed by atoms with Gasteiger partial charge in [0.15, 0.2) is 11.6 Å². The molecular weight excluding hydrogens is 177 g/mol. The van der Waals surface area contributed by atoms with E-state index >= 15 is 0 Å². The van der Waals surface area contributed by atoms with Crippen molar-refractivity contribution in [2.75, 3.05) is 7.05 Å². The lowest BCUT2D eigenvalue weighted by Gasteiger charge is -2.11. The normalized spacial score (nSPS) is 10.8. The Morgan fingerprint density at radius 3 is 2.38 bits per heavy atom. The average Bonchev–Trinajstić information content (AvgIpc) is 2.05. The summed E-state index contributed by atoms with van der Waals surface area (Å²) < 4.78 is 13.1. The number of hydrogen-bond acceptors (Lipinski definition) is 4. The van der Waals surface area contributed by atoms with Crippen molar-refractivity contribution in [1.82, 2.24) is 5.06 Å². The first kappa shape index (κ1) is 9.76. The number of benzene rings is 1. The SMILES string of the molecule is CN(O)Cc1c(O)ccc(O)c1F. The Bertz CT molecular complexity index is 315. The van der Waals surface area contributed by atoms with Crippen molar-refractivity contribution >= 4 is 0 Å². The van der Waals surface area contributed by atoms with Gasteiger partial charge in [-0.15, -0.1) is 0 Å². The number of hydrogen-bond donors (Lipinski definition) is 3. The minimum Gasteiger partial charge on any atom is -0.508 e. The van der Waals surface area contributed by atoms with Crippen LogP contribution in [0.1, 0.15) is 5.56 Å². The fourth-order valence-corrected chi connectivity index (χ4v) is 0.978. The smallest absolute Gasteiger partial charge is 0.173 e. The molecule has 0 unspecified atom stereocenters. The van der Waals surface area contributed by atoms with Crippen LogP contribution in [0.15, 0.2) is 12.1 Å². The lowest BCUT2D eigenvalue weighted by atomic mass is 10.1. The quantitative estimate of drug-likeness (QED) is 0.478. The molecule has 0 atom stereocenters. The average molecular weight is 187 g/mol. The van der Waals surface area contributed by atoms with Crippen molar-refractivity contribution in [1.29, 1.82) is 0 Å². The molecule has 0 amide bonds. The zero-order valence-electron chi connectivity index (χ0n) is 7.03. The number of phenolic OH excluding ortho intramolecular Hbond substituents is 2. The zero-order valence-corrected chi connectivity index (χ0v) is 7.03. The number of halogens is 1. The molecule has 0 aliphatic carbocycles. The molecule has 0 aromatic heterocycles. The van der Waals surface area contributed by atoms with E-state index in [1.807, 2.05) is 0 Å².